The van der Waals surface area contributed by atoms with E-state index in [0.717, 1.165) is 29.3 Å². The molecule has 0 N–H and O–H groups in total. The number of ketones is 1. The van der Waals surface area contributed by atoms with E-state index >= 15 is 0 Å². The third-order valence-electron chi connectivity index (χ3n) is 6.25. The molecule has 0 spiro atoms. The molecule has 5 nitrogen and oxygen atoms in total. The molecule has 2 unspecified atom stereocenters. The van der Waals surface area contributed by atoms with Gasteiger partial charge in [0, 0.05) is 27.1 Å². The SMILES string of the molecule is C=C1C(=O)OC2C=C(C)CCC=C(C(=O)OCC(=O)c3ccc(Br)cc3)CCC=C(C)CCC12. The summed E-state index contributed by atoms with van der Waals surface area (Å²) in [4.78, 5) is 37.2. The Labute approximate surface area is 209 Å². The molecule has 0 radical (unpaired) electrons. The summed E-state index contributed by atoms with van der Waals surface area (Å²) >= 11 is 3.34. The Morgan fingerprint density at radius 2 is 1.76 bits per heavy atom. The van der Waals surface area contributed by atoms with Crippen molar-refractivity contribution in [3.8, 4) is 0 Å². The third-order valence-corrected chi connectivity index (χ3v) is 6.78. The molecule has 0 saturated carbocycles. The molecule has 1 aliphatic carbocycles. The minimum atomic E-state index is -0.452. The number of Topliss-reactive ketones (excluding diaryl/α,β-unsaturated/α-hetero) is 1. The minimum absolute atomic E-state index is 0.00177. The molecule has 2 aliphatic rings. The minimum Gasteiger partial charge on any atom is -0.454 e. The largest absolute Gasteiger partial charge is 0.454 e. The van der Waals surface area contributed by atoms with Crippen molar-refractivity contribution >= 4 is 33.7 Å². The Morgan fingerprint density at radius 3 is 2.50 bits per heavy atom. The Morgan fingerprint density at radius 1 is 1.06 bits per heavy atom. The molecular formula is C28H31BrO5. The van der Waals surface area contributed by atoms with E-state index in [1.807, 2.05) is 19.1 Å². The number of halogens is 1. The molecule has 1 saturated heterocycles. The van der Waals surface area contributed by atoms with Crippen LogP contribution in [-0.4, -0.2) is 30.4 Å². The van der Waals surface area contributed by atoms with Crippen molar-refractivity contribution < 1.29 is 23.9 Å². The molecule has 0 bridgehead atoms. The van der Waals surface area contributed by atoms with E-state index in [4.69, 9.17) is 9.47 Å². The average Bonchev–Trinajstić information content (AvgIpc) is 3.06. The Hall–Kier alpha value is -2.73. The van der Waals surface area contributed by atoms with Crippen molar-refractivity contribution in [1.29, 1.82) is 0 Å². The summed E-state index contributed by atoms with van der Waals surface area (Å²) in [6.07, 6.45) is 10.0. The van der Waals surface area contributed by atoms with Gasteiger partial charge < -0.3 is 9.47 Å². The fourth-order valence-electron chi connectivity index (χ4n) is 4.15. The monoisotopic (exact) mass is 526 g/mol. The van der Waals surface area contributed by atoms with Gasteiger partial charge >= 0.3 is 11.9 Å². The summed E-state index contributed by atoms with van der Waals surface area (Å²) in [6.45, 7) is 7.72. The van der Waals surface area contributed by atoms with Crippen LogP contribution < -0.4 is 0 Å². The van der Waals surface area contributed by atoms with E-state index in [1.165, 1.54) is 5.57 Å². The molecule has 180 valence electrons. The van der Waals surface area contributed by atoms with Crippen LogP contribution in [0.4, 0.5) is 0 Å². The summed E-state index contributed by atoms with van der Waals surface area (Å²) in [7, 11) is 0. The first-order valence-electron chi connectivity index (χ1n) is 11.6. The van der Waals surface area contributed by atoms with Gasteiger partial charge in [0.05, 0.1) is 0 Å². The van der Waals surface area contributed by atoms with Gasteiger partial charge in [0.15, 0.2) is 12.4 Å². The summed E-state index contributed by atoms with van der Waals surface area (Å²) in [6, 6.07) is 6.96. The van der Waals surface area contributed by atoms with Crippen molar-refractivity contribution in [3.05, 3.63) is 81.4 Å². The molecule has 1 aliphatic heterocycles. The number of benzene rings is 1. The van der Waals surface area contributed by atoms with Crippen molar-refractivity contribution in [2.24, 2.45) is 5.92 Å². The average molecular weight is 527 g/mol. The van der Waals surface area contributed by atoms with Gasteiger partial charge in [-0.3, -0.25) is 4.79 Å². The molecule has 2 atom stereocenters. The predicted molar refractivity (Wildman–Crippen MR) is 135 cm³/mol. The molecule has 1 aromatic carbocycles. The lowest BCUT2D eigenvalue weighted by molar-refractivity contribution is -0.138. The summed E-state index contributed by atoms with van der Waals surface area (Å²) < 4.78 is 11.8. The van der Waals surface area contributed by atoms with Crippen LogP contribution in [0.15, 0.2) is 75.8 Å². The Bertz CT molecular complexity index is 1050. The maximum atomic E-state index is 12.8. The second-order valence-corrected chi connectivity index (χ2v) is 9.83. The fraction of sp³-hybridized carbons (Fsp3) is 0.393. The third kappa shape index (κ3) is 7.13. The van der Waals surface area contributed by atoms with E-state index in [2.05, 4.69) is 35.5 Å². The van der Waals surface area contributed by atoms with Crippen LogP contribution in [0, 0.1) is 5.92 Å². The highest BCUT2D eigenvalue weighted by atomic mass is 79.9. The molecule has 6 heteroatoms. The smallest absolute Gasteiger partial charge is 0.334 e. The number of rotatable bonds is 4. The number of allylic oxidation sites excluding steroid dienone is 4. The van der Waals surface area contributed by atoms with Gasteiger partial charge in [-0.2, -0.15) is 0 Å². The number of fused-ring (bicyclic) bond motifs is 1. The molecule has 0 aromatic heterocycles. The van der Waals surface area contributed by atoms with Gasteiger partial charge in [0.25, 0.3) is 0 Å². The van der Waals surface area contributed by atoms with Crippen LogP contribution in [0.1, 0.15) is 62.7 Å². The molecule has 3 rings (SSSR count). The first-order chi connectivity index (χ1) is 16.2. The number of hydrogen-bond donors (Lipinski definition) is 0. The second kappa shape index (κ2) is 12.1. The summed E-state index contributed by atoms with van der Waals surface area (Å²) in [5, 5.41) is 0. The Kier molecular flexibility index (Phi) is 9.22. The van der Waals surface area contributed by atoms with Crippen molar-refractivity contribution in [3.63, 3.8) is 0 Å². The van der Waals surface area contributed by atoms with Crippen LogP contribution in [0.2, 0.25) is 0 Å². The van der Waals surface area contributed by atoms with E-state index in [-0.39, 0.29) is 30.4 Å². The van der Waals surface area contributed by atoms with E-state index < -0.39 is 5.97 Å². The lowest BCUT2D eigenvalue weighted by Crippen LogP contribution is -2.16. The predicted octanol–water partition coefficient (Wildman–Crippen LogP) is 6.45. The van der Waals surface area contributed by atoms with Gasteiger partial charge in [-0.1, -0.05) is 57.9 Å². The number of ether oxygens (including phenoxy) is 2. The highest BCUT2D eigenvalue weighted by Gasteiger charge is 2.36. The lowest BCUT2D eigenvalue weighted by Gasteiger charge is -2.16. The molecule has 0 amide bonds. The van der Waals surface area contributed by atoms with Gasteiger partial charge in [-0.25, -0.2) is 9.59 Å². The van der Waals surface area contributed by atoms with Crippen LogP contribution in [-0.2, 0) is 19.1 Å². The lowest BCUT2D eigenvalue weighted by atomic mass is 9.89. The number of hydrogen-bond acceptors (Lipinski definition) is 5. The van der Waals surface area contributed by atoms with Gasteiger partial charge in [-0.05, 0) is 70.6 Å². The van der Waals surface area contributed by atoms with Crippen LogP contribution in [0.5, 0.6) is 0 Å². The zero-order valence-corrected chi connectivity index (χ0v) is 21.4. The van der Waals surface area contributed by atoms with Crippen molar-refractivity contribution in [1.82, 2.24) is 0 Å². The van der Waals surface area contributed by atoms with Crippen molar-refractivity contribution in [2.45, 2.75) is 58.5 Å². The molecule has 34 heavy (non-hydrogen) atoms. The topological polar surface area (TPSA) is 69.7 Å². The zero-order chi connectivity index (χ0) is 24.7. The van der Waals surface area contributed by atoms with Crippen molar-refractivity contribution in [2.75, 3.05) is 6.61 Å². The summed E-state index contributed by atoms with van der Waals surface area (Å²) in [5.41, 5.74) is 3.93. The molecular weight excluding hydrogens is 496 g/mol. The maximum absolute atomic E-state index is 12.8. The standard InChI is InChI=1S/C28H31BrO5/c1-18-6-4-8-22(28(32)33-17-25(30)21-11-13-23(29)14-12-21)9-5-7-19(2)16-26-24(15-10-18)20(3)27(31)34-26/h6,9,11-14,16,24,26H,3-5,7-8,10,15,17H2,1-2H3. The maximum Gasteiger partial charge on any atom is 0.334 e. The number of esters is 2. The quantitative estimate of drug-likeness (QED) is 0.195. The molecule has 1 fully saturated rings. The highest BCUT2D eigenvalue weighted by Crippen LogP contribution is 2.33. The molecule has 1 heterocycles. The highest BCUT2D eigenvalue weighted by molar-refractivity contribution is 9.10. The van der Waals surface area contributed by atoms with Crippen LogP contribution >= 0.6 is 15.9 Å². The fourth-order valence-corrected chi connectivity index (χ4v) is 4.41. The van der Waals surface area contributed by atoms with Gasteiger partial charge in [-0.15, -0.1) is 0 Å². The van der Waals surface area contributed by atoms with E-state index in [9.17, 15) is 14.4 Å². The van der Waals surface area contributed by atoms with Crippen LogP contribution in [0.25, 0.3) is 0 Å². The van der Waals surface area contributed by atoms with E-state index in [1.54, 1.807) is 24.3 Å². The van der Waals surface area contributed by atoms with E-state index in [0.29, 0.717) is 36.0 Å². The first-order valence-corrected chi connectivity index (χ1v) is 12.4. The number of carbonyl (C=O) groups excluding carboxylic acids is 3. The first kappa shape index (κ1) is 25.9. The summed E-state index contributed by atoms with van der Waals surface area (Å²) in [5.74, 6) is -1.00. The van der Waals surface area contributed by atoms with Gasteiger partial charge in [0.2, 0.25) is 0 Å². The molecule has 1 aromatic rings. The van der Waals surface area contributed by atoms with Gasteiger partial charge in [0.1, 0.15) is 6.10 Å². The van der Waals surface area contributed by atoms with Crippen LogP contribution in [0.3, 0.4) is 0 Å². The number of carbonyl (C=O) groups is 3. The normalized spacial score (nSPS) is 21.9. The zero-order valence-electron chi connectivity index (χ0n) is 19.8. The Balaban J connectivity index is 1.68. The second-order valence-electron chi connectivity index (χ2n) is 8.92.